The topological polar surface area (TPSA) is 41.6 Å². The SMILES string of the molecule is FC(F)(F)c1ccc(-c2ccc(CSc3cn[nH]n3)cc2)cc1. The lowest BCUT2D eigenvalue weighted by molar-refractivity contribution is -0.137. The first-order valence-corrected chi connectivity index (χ1v) is 7.76. The van der Waals surface area contributed by atoms with Crippen LogP contribution in [0.5, 0.6) is 0 Å². The molecule has 23 heavy (non-hydrogen) atoms. The van der Waals surface area contributed by atoms with E-state index in [1.54, 1.807) is 18.0 Å². The molecule has 118 valence electrons. The molecular formula is C16H12F3N3S. The van der Waals surface area contributed by atoms with E-state index < -0.39 is 11.7 Å². The van der Waals surface area contributed by atoms with Gasteiger partial charge in [0.25, 0.3) is 0 Å². The summed E-state index contributed by atoms with van der Waals surface area (Å²) in [7, 11) is 0. The summed E-state index contributed by atoms with van der Waals surface area (Å²) in [4.78, 5) is 0. The number of H-pyrrole nitrogens is 1. The number of hydrogen-bond acceptors (Lipinski definition) is 3. The van der Waals surface area contributed by atoms with Crippen molar-refractivity contribution < 1.29 is 13.2 Å². The monoisotopic (exact) mass is 335 g/mol. The van der Waals surface area contributed by atoms with Gasteiger partial charge in [0, 0.05) is 5.75 Å². The van der Waals surface area contributed by atoms with Gasteiger partial charge in [0.1, 0.15) is 5.03 Å². The van der Waals surface area contributed by atoms with Crippen molar-refractivity contribution in [3.05, 3.63) is 65.9 Å². The number of aromatic amines is 1. The third-order valence-corrected chi connectivity index (χ3v) is 4.25. The molecule has 3 aromatic rings. The lowest BCUT2D eigenvalue weighted by Gasteiger charge is -2.08. The zero-order chi connectivity index (χ0) is 16.3. The number of benzene rings is 2. The molecule has 0 aliphatic rings. The number of halogens is 3. The highest BCUT2D eigenvalue weighted by molar-refractivity contribution is 7.98. The van der Waals surface area contributed by atoms with Crippen LogP contribution in [0.4, 0.5) is 13.2 Å². The molecule has 2 aromatic carbocycles. The van der Waals surface area contributed by atoms with Gasteiger partial charge in [0.05, 0.1) is 11.8 Å². The van der Waals surface area contributed by atoms with E-state index in [2.05, 4.69) is 15.4 Å². The maximum atomic E-state index is 12.6. The molecule has 1 aromatic heterocycles. The van der Waals surface area contributed by atoms with E-state index >= 15 is 0 Å². The second-order valence-corrected chi connectivity index (χ2v) is 5.86. The minimum Gasteiger partial charge on any atom is -0.197 e. The fourth-order valence-corrected chi connectivity index (χ4v) is 2.80. The number of rotatable bonds is 4. The van der Waals surface area contributed by atoms with Gasteiger partial charge in [-0.2, -0.15) is 23.5 Å². The fourth-order valence-electron chi connectivity index (χ4n) is 2.06. The molecule has 0 saturated heterocycles. The van der Waals surface area contributed by atoms with Crippen molar-refractivity contribution in [3.63, 3.8) is 0 Å². The normalized spacial score (nSPS) is 11.6. The molecule has 0 aliphatic heterocycles. The van der Waals surface area contributed by atoms with Gasteiger partial charge in [-0.1, -0.05) is 48.2 Å². The molecule has 3 rings (SSSR count). The number of alkyl halides is 3. The van der Waals surface area contributed by atoms with Crippen LogP contribution in [-0.2, 0) is 11.9 Å². The molecule has 0 bridgehead atoms. The number of thioether (sulfide) groups is 1. The van der Waals surface area contributed by atoms with Gasteiger partial charge in [-0.05, 0) is 28.8 Å². The van der Waals surface area contributed by atoms with Crippen LogP contribution in [0.2, 0.25) is 0 Å². The van der Waals surface area contributed by atoms with E-state index in [1.807, 2.05) is 24.3 Å². The summed E-state index contributed by atoms with van der Waals surface area (Å²) in [5.41, 5.74) is 2.11. The molecule has 3 nitrogen and oxygen atoms in total. The van der Waals surface area contributed by atoms with E-state index in [0.717, 1.165) is 39.6 Å². The van der Waals surface area contributed by atoms with Crippen LogP contribution in [0.1, 0.15) is 11.1 Å². The molecule has 0 unspecified atom stereocenters. The largest absolute Gasteiger partial charge is 0.416 e. The van der Waals surface area contributed by atoms with Gasteiger partial charge in [0.2, 0.25) is 0 Å². The molecular weight excluding hydrogens is 323 g/mol. The predicted molar refractivity (Wildman–Crippen MR) is 82.8 cm³/mol. The molecule has 0 amide bonds. The fraction of sp³-hybridized carbons (Fsp3) is 0.125. The lowest BCUT2D eigenvalue weighted by Crippen LogP contribution is -2.03. The van der Waals surface area contributed by atoms with Crippen molar-refractivity contribution in [2.24, 2.45) is 0 Å². The predicted octanol–water partition coefficient (Wildman–Crippen LogP) is 4.78. The molecule has 0 radical (unpaired) electrons. The number of aromatic nitrogens is 3. The van der Waals surface area contributed by atoms with Crippen LogP contribution in [-0.4, -0.2) is 15.4 Å². The Morgan fingerprint density at radius 3 is 2.04 bits per heavy atom. The molecule has 0 spiro atoms. The van der Waals surface area contributed by atoms with Gasteiger partial charge < -0.3 is 0 Å². The van der Waals surface area contributed by atoms with Gasteiger partial charge in [-0.25, -0.2) is 0 Å². The van der Waals surface area contributed by atoms with Crippen LogP contribution < -0.4 is 0 Å². The Morgan fingerprint density at radius 1 is 0.913 bits per heavy atom. The summed E-state index contributed by atoms with van der Waals surface area (Å²) in [5, 5.41) is 11.1. The Morgan fingerprint density at radius 2 is 1.52 bits per heavy atom. The maximum Gasteiger partial charge on any atom is 0.416 e. The lowest BCUT2D eigenvalue weighted by atomic mass is 10.0. The van der Waals surface area contributed by atoms with Gasteiger partial charge in [-0.15, -0.1) is 5.10 Å². The van der Waals surface area contributed by atoms with Gasteiger partial charge >= 0.3 is 6.18 Å². The zero-order valence-electron chi connectivity index (χ0n) is 11.8. The summed E-state index contributed by atoms with van der Waals surface area (Å²) >= 11 is 1.56. The van der Waals surface area contributed by atoms with Crippen LogP contribution in [0.25, 0.3) is 11.1 Å². The average molecular weight is 335 g/mol. The first kappa shape index (κ1) is 15.6. The third kappa shape index (κ3) is 3.92. The molecule has 0 fully saturated rings. The van der Waals surface area contributed by atoms with Crippen molar-refractivity contribution in [2.75, 3.05) is 0 Å². The summed E-state index contributed by atoms with van der Waals surface area (Å²) in [6.07, 6.45) is -2.65. The average Bonchev–Trinajstić information content (AvgIpc) is 3.06. The van der Waals surface area contributed by atoms with Crippen LogP contribution in [0, 0.1) is 0 Å². The molecule has 1 N–H and O–H groups in total. The molecule has 0 atom stereocenters. The maximum absolute atomic E-state index is 12.6. The minimum absolute atomic E-state index is 0.637. The van der Waals surface area contributed by atoms with Gasteiger partial charge in [-0.3, -0.25) is 0 Å². The first-order valence-electron chi connectivity index (χ1n) is 6.77. The van der Waals surface area contributed by atoms with E-state index in [1.165, 1.54) is 12.1 Å². The highest BCUT2D eigenvalue weighted by Crippen LogP contribution is 2.31. The highest BCUT2D eigenvalue weighted by Gasteiger charge is 2.29. The third-order valence-electron chi connectivity index (χ3n) is 3.28. The highest BCUT2D eigenvalue weighted by atomic mass is 32.2. The zero-order valence-corrected chi connectivity index (χ0v) is 12.7. The van der Waals surface area contributed by atoms with Crippen LogP contribution in [0.3, 0.4) is 0 Å². The van der Waals surface area contributed by atoms with Crippen molar-refractivity contribution >= 4 is 11.8 Å². The summed E-state index contributed by atoms with van der Waals surface area (Å²) in [5.74, 6) is 0.750. The van der Waals surface area contributed by atoms with Crippen molar-refractivity contribution in [1.29, 1.82) is 0 Å². The van der Waals surface area contributed by atoms with E-state index in [9.17, 15) is 13.2 Å². The molecule has 7 heteroatoms. The summed E-state index contributed by atoms with van der Waals surface area (Å²) in [6.45, 7) is 0. The minimum atomic E-state index is -4.30. The van der Waals surface area contributed by atoms with Crippen LogP contribution in [0.15, 0.2) is 59.8 Å². The Hall–Kier alpha value is -2.28. The number of nitrogens with one attached hydrogen (secondary N) is 1. The Bertz CT molecular complexity index is 751. The van der Waals surface area contributed by atoms with E-state index in [0.29, 0.717) is 0 Å². The van der Waals surface area contributed by atoms with Crippen molar-refractivity contribution in [2.45, 2.75) is 17.0 Å². The Kier molecular flexibility index (Phi) is 4.38. The molecule has 1 heterocycles. The quantitative estimate of drug-likeness (QED) is 0.698. The summed E-state index contributed by atoms with van der Waals surface area (Å²) in [6, 6.07) is 12.9. The second-order valence-electron chi connectivity index (χ2n) is 4.87. The molecule has 0 saturated carbocycles. The van der Waals surface area contributed by atoms with E-state index in [4.69, 9.17) is 0 Å². The smallest absolute Gasteiger partial charge is 0.197 e. The molecule has 0 aliphatic carbocycles. The summed E-state index contributed by atoms with van der Waals surface area (Å²) < 4.78 is 37.7. The van der Waals surface area contributed by atoms with E-state index in [-0.39, 0.29) is 0 Å². The Labute approximate surface area is 134 Å². The van der Waals surface area contributed by atoms with Gasteiger partial charge in [0.15, 0.2) is 0 Å². The van der Waals surface area contributed by atoms with Crippen molar-refractivity contribution in [1.82, 2.24) is 15.4 Å². The standard InChI is InChI=1S/C16H12F3N3S/c17-16(18,19)14-7-5-13(6-8-14)12-3-1-11(2-4-12)10-23-15-9-20-22-21-15/h1-9H,10H2,(H,20,21,22). The Balaban J connectivity index is 1.69. The van der Waals surface area contributed by atoms with Crippen molar-refractivity contribution in [3.8, 4) is 11.1 Å². The second kappa shape index (κ2) is 6.45. The number of hydrogen-bond donors (Lipinski definition) is 1. The number of nitrogens with zero attached hydrogens (tertiary/aromatic N) is 2. The van der Waals surface area contributed by atoms with Crippen LogP contribution >= 0.6 is 11.8 Å². The first-order chi connectivity index (χ1) is 11.0.